The summed E-state index contributed by atoms with van der Waals surface area (Å²) in [5.41, 5.74) is 0.615. The second-order valence-electron chi connectivity index (χ2n) is 4.13. The predicted octanol–water partition coefficient (Wildman–Crippen LogP) is 0.0212. The van der Waals surface area contributed by atoms with Gasteiger partial charge >= 0.3 is 0 Å². The van der Waals surface area contributed by atoms with Gasteiger partial charge in [0.1, 0.15) is 4.90 Å². The molecule has 1 aliphatic rings. The molecule has 18 heavy (non-hydrogen) atoms. The Balaban J connectivity index is 2.31. The molecule has 1 aromatic rings. The minimum Gasteiger partial charge on any atom is -0.390 e. The van der Waals surface area contributed by atoms with Crippen LogP contribution >= 0.6 is 0 Å². The molecule has 1 N–H and O–H groups in total. The fourth-order valence-electron chi connectivity index (χ4n) is 2.03. The zero-order valence-electron chi connectivity index (χ0n) is 10.4. The van der Waals surface area contributed by atoms with Crippen molar-refractivity contribution in [2.24, 2.45) is 0 Å². The minimum absolute atomic E-state index is 0.160. The SMILES string of the molecule is CCn1cc(S(=O)(=O)N2CCOCC2)cc1CO. The third-order valence-corrected chi connectivity index (χ3v) is 4.94. The van der Waals surface area contributed by atoms with E-state index in [-0.39, 0.29) is 11.5 Å². The number of aliphatic hydroxyl groups is 1. The molecular formula is C11H18N2O4S. The standard InChI is InChI=1S/C11H18N2O4S/c1-2-12-8-11(7-10(12)9-14)18(15,16)13-3-5-17-6-4-13/h7-8,14H,2-6,9H2,1H3. The molecule has 7 heteroatoms. The Labute approximate surface area is 107 Å². The van der Waals surface area contributed by atoms with E-state index < -0.39 is 10.0 Å². The van der Waals surface area contributed by atoms with Gasteiger partial charge in [0.05, 0.1) is 19.8 Å². The number of hydrogen-bond donors (Lipinski definition) is 1. The Morgan fingerprint density at radius 2 is 2.06 bits per heavy atom. The Hall–Kier alpha value is -0.890. The highest BCUT2D eigenvalue weighted by Crippen LogP contribution is 2.20. The summed E-state index contributed by atoms with van der Waals surface area (Å²) in [6.07, 6.45) is 1.58. The molecule has 0 saturated carbocycles. The Kier molecular flexibility index (Phi) is 4.06. The van der Waals surface area contributed by atoms with Gasteiger partial charge in [-0.2, -0.15) is 4.31 Å². The third kappa shape index (κ3) is 2.44. The molecule has 1 fully saturated rings. The first-order chi connectivity index (χ1) is 8.59. The maximum Gasteiger partial charge on any atom is 0.244 e. The second-order valence-corrected chi connectivity index (χ2v) is 6.07. The number of morpholine rings is 1. The highest BCUT2D eigenvalue weighted by Gasteiger charge is 2.27. The zero-order valence-corrected chi connectivity index (χ0v) is 11.2. The molecule has 0 spiro atoms. The van der Waals surface area contributed by atoms with E-state index >= 15 is 0 Å². The van der Waals surface area contributed by atoms with Crippen molar-refractivity contribution in [2.45, 2.75) is 25.0 Å². The summed E-state index contributed by atoms with van der Waals surface area (Å²) >= 11 is 0. The van der Waals surface area contributed by atoms with Crippen LogP contribution in [0.4, 0.5) is 0 Å². The van der Waals surface area contributed by atoms with Gasteiger partial charge in [0.25, 0.3) is 0 Å². The van der Waals surface area contributed by atoms with Gasteiger partial charge in [0.15, 0.2) is 0 Å². The summed E-state index contributed by atoms with van der Waals surface area (Å²) in [6.45, 7) is 4.01. The highest BCUT2D eigenvalue weighted by molar-refractivity contribution is 7.89. The molecule has 0 atom stereocenters. The van der Waals surface area contributed by atoms with E-state index in [1.807, 2.05) is 6.92 Å². The van der Waals surface area contributed by atoms with Gasteiger partial charge in [-0.1, -0.05) is 0 Å². The summed E-state index contributed by atoms with van der Waals surface area (Å²) in [5.74, 6) is 0. The first-order valence-electron chi connectivity index (χ1n) is 5.97. The number of aromatic nitrogens is 1. The van der Waals surface area contributed by atoms with Crippen LogP contribution < -0.4 is 0 Å². The molecule has 2 rings (SSSR count). The molecule has 0 aliphatic carbocycles. The lowest BCUT2D eigenvalue weighted by molar-refractivity contribution is 0.0730. The number of nitrogens with zero attached hydrogens (tertiary/aromatic N) is 2. The van der Waals surface area contributed by atoms with E-state index in [2.05, 4.69) is 0 Å². The summed E-state index contributed by atoms with van der Waals surface area (Å²) in [5, 5.41) is 9.19. The van der Waals surface area contributed by atoms with Crippen molar-refractivity contribution in [3.8, 4) is 0 Å². The predicted molar refractivity (Wildman–Crippen MR) is 65.6 cm³/mol. The molecule has 2 heterocycles. The van der Waals surface area contributed by atoms with E-state index in [1.165, 1.54) is 10.4 Å². The van der Waals surface area contributed by atoms with Gasteiger partial charge < -0.3 is 14.4 Å². The number of rotatable bonds is 4. The molecular weight excluding hydrogens is 256 g/mol. The van der Waals surface area contributed by atoms with E-state index in [4.69, 9.17) is 4.74 Å². The quantitative estimate of drug-likeness (QED) is 0.840. The van der Waals surface area contributed by atoms with Crippen LogP contribution in [-0.4, -0.2) is 48.7 Å². The van der Waals surface area contributed by atoms with E-state index in [1.54, 1.807) is 10.8 Å². The van der Waals surface area contributed by atoms with Crippen molar-refractivity contribution in [3.63, 3.8) is 0 Å². The smallest absolute Gasteiger partial charge is 0.244 e. The second kappa shape index (κ2) is 5.40. The van der Waals surface area contributed by atoms with Gasteiger partial charge in [-0.15, -0.1) is 0 Å². The number of hydrogen-bond acceptors (Lipinski definition) is 4. The molecule has 0 unspecified atom stereocenters. The first kappa shape index (κ1) is 13.5. The molecule has 6 nitrogen and oxygen atoms in total. The Bertz CT molecular complexity index is 482. The molecule has 0 amide bonds. The molecule has 1 aliphatic heterocycles. The highest BCUT2D eigenvalue weighted by atomic mass is 32.2. The van der Waals surface area contributed by atoms with Gasteiger partial charge in [0, 0.05) is 31.5 Å². The fourth-order valence-corrected chi connectivity index (χ4v) is 3.50. The Morgan fingerprint density at radius 1 is 1.39 bits per heavy atom. The minimum atomic E-state index is -3.46. The van der Waals surface area contributed by atoms with Crippen molar-refractivity contribution < 1.29 is 18.3 Å². The van der Waals surface area contributed by atoms with E-state index in [9.17, 15) is 13.5 Å². The molecule has 0 bridgehead atoms. The summed E-state index contributed by atoms with van der Waals surface area (Å²) in [7, 11) is -3.46. The van der Waals surface area contributed by atoms with Crippen LogP contribution in [0.15, 0.2) is 17.2 Å². The largest absolute Gasteiger partial charge is 0.390 e. The van der Waals surface area contributed by atoms with Crippen LogP contribution in [0.1, 0.15) is 12.6 Å². The van der Waals surface area contributed by atoms with Crippen LogP contribution in [-0.2, 0) is 27.9 Å². The molecule has 1 saturated heterocycles. The van der Waals surface area contributed by atoms with Gasteiger partial charge in [0.2, 0.25) is 10.0 Å². The fraction of sp³-hybridized carbons (Fsp3) is 0.636. The van der Waals surface area contributed by atoms with Gasteiger partial charge in [-0.3, -0.25) is 0 Å². The van der Waals surface area contributed by atoms with Crippen molar-refractivity contribution in [1.82, 2.24) is 8.87 Å². The van der Waals surface area contributed by atoms with Crippen LogP contribution in [0.25, 0.3) is 0 Å². The summed E-state index contributed by atoms with van der Waals surface area (Å²) < 4.78 is 33.0. The van der Waals surface area contributed by atoms with Crippen molar-refractivity contribution in [2.75, 3.05) is 26.3 Å². The van der Waals surface area contributed by atoms with Crippen LogP contribution in [0, 0.1) is 0 Å². The lowest BCUT2D eigenvalue weighted by Gasteiger charge is -2.25. The van der Waals surface area contributed by atoms with Crippen molar-refractivity contribution >= 4 is 10.0 Å². The summed E-state index contributed by atoms with van der Waals surface area (Å²) in [4.78, 5) is 0.246. The lowest BCUT2D eigenvalue weighted by Crippen LogP contribution is -2.40. The number of sulfonamides is 1. The summed E-state index contributed by atoms with van der Waals surface area (Å²) in [6, 6.07) is 1.54. The van der Waals surface area contributed by atoms with Gasteiger partial charge in [-0.25, -0.2) is 8.42 Å². The molecule has 0 aromatic carbocycles. The Morgan fingerprint density at radius 3 is 2.56 bits per heavy atom. The van der Waals surface area contributed by atoms with E-state index in [0.29, 0.717) is 38.5 Å². The third-order valence-electron chi connectivity index (χ3n) is 3.07. The topological polar surface area (TPSA) is 71.8 Å². The molecule has 102 valence electrons. The maximum absolute atomic E-state index is 12.4. The molecule has 0 radical (unpaired) electrons. The van der Waals surface area contributed by atoms with Crippen molar-refractivity contribution in [1.29, 1.82) is 0 Å². The monoisotopic (exact) mass is 274 g/mol. The zero-order chi connectivity index (χ0) is 13.2. The lowest BCUT2D eigenvalue weighted by atomic mass is 10.4. The van der Waals surface area contributed by atoms with Crippen LogP contribution in [0.2, 0.25) is 0 Å². The first-order valence-corrected chi connectivity index (χ1v) is 7.41. The average Bonchev–Trinajstić information content (AvgIpc) is 2.83. The van der Waals surface area contributed by atoms with Gasteiger partial charge in [-0.05, 0) is 13.0 Å². The number of ether oxygens (including phenoxy) is 1. The number of aryl methyl sites for hydroxylation is 1. The van der Waals surface area contributed by atoms with E-state index in [0.717, 1.165) is 0 Å². The average molecular weight is 274 g/mol. The maximum atomic E-state index is 12.4. The van der Waals surface area contributed by atoms with Crippen LogP contribution in [0.3, 0.4) is 0 Å². The number of aliphatic hydroxyl groups excluding tert-OH is 1. The van der Waals surface area contributed by atoms with Crippen LogP contribution in [0.5, 0.6) is 0 Å². The normalized spacial score (nSPS) is 18.1. The van der Waals surface area contributed by atoms with Crippen molar-refractivity contribution in [3.05, 3.63) is 18.0 Å². The molecule has 1 aromatic heterocycles.